The number of hydrogen-bond acceptors (Lipinski definition) is 2. The molecule has 78 valence electrons. The molecule has 0 amide bonds. The maximum absolute atomic E-state index is 9.56. The van der Waals surface area contributed by atoms with Gasteiger partial charge in [-0.2, -0.15) is 0 Å². The van der Waals surface area contributed by atoms with Gasteiger partial charge in [0.15, 0.2) is 0 Å². The third-order valence-electron chi connectivity index (χ3n) is 2.55. The number of β-amino-alcohol motifs (C(OH)–C–C–N with tert-alkyl or cyclic N) is 1. The Labute approximate surface area is 85.9 Å². The molecule has 0 aliphatic carbocycles. The van der Waals surface area contributed by atoms with Gasteiger partial charge in [-0.25, -0.2) is 0 Å². The largest absolute Gasteiger partial charge is 0.392 e. The zero-order chi connectivity index (χ0) is 9.84. The molecular formula is C10H20ClNO. The van der Waals surface area contributed by atoms with Crippen LogP contribution in [0, 0.1) is 11.8 Å². The summed E-state index contributed by atoms with van der Waals surface area (Å²) < 4.78 is 0. The molecule has 0 aromatic carbocycles. The molecular weight excluding hydrogens is 186 g/mol. The first-order valence-corrected chi connectivity index (χ1v) is 5.61. The van der Waals surface area contributed by atoms with Crippen molar-refractivity contribution in [3.8, 4) is 0 Å². The molecule has 3 atom stereocenters. The van der Waals surface area contributed by atoms with Crippen LogP contribution in [0.5, 0.6) is 0 Å². The van der Waals surface area contributed by atoms with E-state index in [9.17, 15) is 5.11 Å². The van der Waals surface area contributed by atoms with Crippen LogP contribution in [0.2, 0.25) is 0 Å². The quantitative estimate of drug-likeness (QED) is 0.708. The average molecular weight is 206 g/mol. The summed E-state index contributed by atoms with van der Waals surface area (Å²) >= 11 is 5.75. The van der Waals surface area contributed by atoms with Crippen molar-refractivity contribution in [2.75, 3.05) is 25.5 Å². The number of likely N-dealkylation sites (tertiary alicyclic amines) is 1. The van der Waals surface area contributed by atoms with Crippen LogP contribution in [-0.4, -0.2) is 41.6 Å². The van der Waals surface area contributed by atoms with E-state index in [0.717, 1.165) is 26.1 Å². The second kappa shape index (κ2) is 5.18. The molecule has 1 saturated heterocycles. The number of aliphatic hydroxyl groups excluding tert-OH is 1. The van der Waals surface area contributed by atoms with Crippen LogP contribution in [0.3, 0.4) is 0 Å². The molecule has 3 heteroatoms. The van der Waals surface area contributed by atoms with Gasteiger partial charge < -0.3 is 10.0 Å². The van der Waals surface area contributed by atoms with Gasteiger partial charge in [0.05, 0.1) is 6.10 Å². The van der Waals surface area contributed by atoms with E-state index >= 15 is 0 Å². The third-order valence-corrected chi connectivity index (χ3v) is 3.07. The number of halogens is 1. The summed E-state index contributed by atoms with van der Waals surface area (Å²) in [6, 6.07) is 0. The zero-order valence-electron chi connectivity index (χ0n) is 8.54. The molecule has 1 aliphatic heterocycles. The minimum atomic E-state index is -0.133. The van der Waals surface area contributed by atoms with E-state index in [-0.39, 0.29) is 6.10 Å². The van der Waals surface area contributed by atoms with E-state index in [1.165, 1.54) is 0 Å². The van der Waals surface area contributed by atoms with Crippen molar-refractivity contribution < 1.29 is 5.11 Å². The molecule has 1 N–H and O–H groups in total. The first-order chi connectivity index (χ1) is 6.11. The SMILES string of the molecule is CC(CCl)CN1C[C@@H](C)C[C@@H](O)C1. The normalized spacial score (nSPS) is 33.2. The van der Waals surface area contributed by atoms with Crippen LogP contribution in [0.4, 0.5) is 0 Å². The summed E-state index contributed by atoms with van der Waals surface area (Å²) in [5.74, 6) is 1.85. The van der Waals surface area contributed by atoms with Gasteiger partial charge in [0, 0.05) is 25.5 Å². The van der Waals surface area contributed by atoms with Crippen molar-refractivity contribution in [2.45, 2.75) is 26.4 Å². The lowest BCUT2D eigenvalue weighted by Gasteiger charge is -2.35. The van der Waals surface area contributed by atoms with E-state index in [2.05, 4.69) is 18.7 Å². The molecule has 1 rings (SSSR count). The molecule has 1 fully saturated rings. The van der Waals surface area contributed by atoms with Crippen molar-refractivity contribution in [2.24, 2.45) is 11.8 Å². The van der Waals surface area contributed by atoms with E-state index in [1.807, 2.05) is 0 Å². The molecule has 1 unspecified atom stereocenters. The number of rotatable bonds is 3. The second-order valence-electron chi connectivity index (χ2n) is 4.47. The average Bonchev–Trinajstić information content (AvgIpc) is 2.02. The van der Waals surface area contributed by atoms with E-state index in [0.29, 0.717) is 17.7 Å². The van der Waals surface area contributed by atoms with Gasteiger partial charge in [0.1, 0.15) is 0 Å². The maximum Gasteiger partial charge on any atom is 0.0670 e. The second-order valence-corrected chi connectivity index (χ2v) is 4.78. The molecule has 1 aliphatic rings. The fourth-order valence-corrected chi connectivity index (χ4v) is 2.16. The Balaban J connectivity index is 2.32. The Hall–Kier alpha value is 0.210. The molecule has 0 aromatic heterocycles. The van der Waals surface area contributed by atoms with Crippen LogP contribution < -0.4 is 0 Å². The van der Waals surface area contributed by atoms with Crippen molar-refractivity contribution >= 4 is 11.6 Å². The summed E-state index contributed by atoms with van der Waals surface area (Å²) in [6.45, 7) is 7.30. The Morgan fingerprint density at radius 3 is 2.77 bits per heavy atom. The van der Waals surface area contributed by atoms with Crippen molar-refractivity contribution in [3.05, 3.63) is 0 Å². The van der Waals surface area contributed by atoms with E-state index in [4.69, 9.17) is 11.6 Å². The molecule has 0 aromatic rings. The predicted octanol–water partition coefficient (Wildman–Crippen LogP) is 1.56. The summed E-state index contributed by atoms with van der Waals surface area (Å²) in [6.07, 6.45) is 0.817. The highest BCUT2D eigenvalue weighted by atomic mass is 35.5. The van der Waals surface area contributed by atoms with Gasteiger partial charge in [-0.3, -0.25) is 0 Å². The van der Waals surface area contributed by atoms with Gasteiger partial charge in [-0.05, 0) is 18.3 Å². The molecule has 0 spiro atoms. The van der Waals surface area contributed by atoms with Gasteiger partial charge >= 0.3 is 0 Å². The molecule has 2 nitrogen and oxygen atoms in total. The predicted molar refractivity (Wildman–Crippen MR) is 56.1 cm³/mol. The molecule has 13 heavy (non-hydrogen) atoms. The lowest BCUT2D eigenvalue weighted by molar-refractivity contribution is 0.0395. The topological polar surface area (TPSA) is 23.5 Å². The Morgan fingerprint density at radius 1 is 1.54 bits per heavy atom. The van der Waals surface area contributed by atoms with Crippen molar-refractivity contribution in [1.29, 1.82) is 0 Å². The number of aliphatic hydroxyl groups is 1. The van der Waals surface area contributed by atoms with Crippen molar-refractivity contribution in [1.82, 2.24) is 4.90 Å². The van der Waals surface area contributed by atoms with Crippen LogP contribution in [0.15, 0.2) is 0 Å². The number of nitrogens with zero attached hydrogens (tertiary/aromatic N) is 1. The lowest BCUT2D eigenvalue weighted by Crippen LogP contribution is -2.44. The van der Waals surface area contributed by atoms with E-state index < -0.39 is 0 Å². The van der Waals surface area contributed by atoms with Crippen molar-refractivity contribution in [3.63, 3.8) is 0 Å². The standard InChI is InChI=1S/C10H20ClNO/c1-8-3-10(13)7-12(5-8)6-9(2)4-11/h8-10,13H,3-7H2,1-2H3/t8-,9?,10+/m0/s1. The number of hydrogen-bond donors (Lipinski definition) is 1. The molecule has 1 heterocycles. The van der Waals surface area contributed by atoms with Gasteiger partial charge in [-0.1, -0.05) is 13.8 Å². The summed E-state index contributed by atoms with van der Waals surface area (Å²) in [7, 11) is 0. The van der Waals surface area contributed by atoms with Gasteiger partial charge in [0.2, 0.25) is 0 Å². The first-order valence-electron chi connectivity index (χ1n) is 5.08. The molecule has 0 bridgehead atoms. The minimum Gasteiger partial charge on any atom is -0.392 e. The Bertz CT molecular complexity index is 144. The summed E-state index contributed by atoms with van der Waals surface area (Å²) in [5, 5.41) is 9.56. The smallest absolute Gasteiger partial charge is 0.0670 e. The molecule has 0 radical (unpaired) electrons. The van der Waals surface area contributed by atoms with E-state index in [1.54, 1.807) is 0 Å². The number of piperidine rings is 1. The summed E-state index contributed by atoms with van der Waals surface area (Å²) in [5.41, 5.74) is 0. The van der Waals surface area contributed by atoms with Crippen LogP contribution in [-0.2, 0) is 0 Å². The monoisotopic (exact) mass is 205 g/mol. The Morgan fingerprint density at radius 2 is 2.23 bits per heavy atom. The van der Waals surface area contributed by atoms with Gasteiger partial charge in [0.25, 0.3) is 0 Å². The van der Waals surface area contributed by atoms with Crippen LogP contribution in [0.25, 0.3) is 0 Å². The minimum absolute atomic E-state index is 0.133. The third kappa shape index (κ3) is 3.84. The van der Waals surface area contributed by atoms with Gasteiger partial charge in [-0.15, -0.1) is 11.6 Å². The number of alkyl halides is 1. The lowest BCUT2D eigenvalue weighted by atomic mass is 9.97. The highest BCUT2D eigenvalue weighted by Crippen LogP contribution is 2.17. The maximum atomic E-state index is 9.56. The van der Waals surface area contributed by atoms with Crippen LogP contribution in [0.1, 0.15) is 20.3 Å². The highest BCUT2D eigenvalue weighted by molar-refractivity contribution is 6.18. The highest BCUT2D eigenvalue weighted by Gasteiger charge is 2.23. The zero-order valence-corrected chi connectivity index (χ0v) is 9.30. The first kappa shape index (κ1) is 11.3. The Kier molecular flexibility index (Phi) is 4.50. The van der Waals surface area contributed by atoms with Crippen LogP contribution >= 0.6 is 11.6 Å². The fourth-order valence-electron chi connectivity index (χ4n) is 2.07. The fraction of sp³-hybridized carbons (Fsp3) is 1.00. The summed E-state index contributed by atoms with van der Waals surface area (Å²) in [4.78, 5) is 2.33. The molecule has 0 saturated carbocycles.